The molecule has 2 aromatic carbocycles. The van der Waals surface area contributed by atoms with Gasteiger partial charge in [0, 0.05) is 18.7 Å². The molecule has 1 aliphatic carbocycles. The third-order valence-corrected chi connectivity index (χ3v) is 7.19. The summed E-state index contributed by atoms with van der Waals surface area (Å²) in [6, 6.07) is 13.4. The van der Waals surface area contributed by atoms with E-state index in [9.17, 15) is 9.59 Å². The van der Waals surface area contributed by atoms with Crippen molar-refractivity contribution in [3.05, 3.63) is 59.2 Å². The quantitative estimate of drug-likeness (QED) is 0.733. The summed E-state index contributed by atoms with van der Waals surface area (Å²) in [5, 5.41) is 3.17. The number of hydrogen-bond acceptors (Lipinski definition) is 4. The van der Waals surface area contributed by atoms with Crippen LogP contribution in [0.15, 0.2) is 42.5 Å². The van der Waals surface area contributed by atoms with E-state index < -0.39 is 5.54 Å². The van der Waals surface area contributed by atoms with E-state index in [2.05, 4.69) is 12.2 Å². The van der Waals surface area contributed by atoms with E-state index in [1.165, 1.54) is 0 Å². The Kier molecular flexibility index (Phi) is 5.53. The van der Waals surface area contributed by atoms with Crippen molar-refractivity contribution in [1.82, 2.24) is 10.2 Å². The molecule has 0 unspecified atom stereocenters. The van der Waals surface area contributed by atoms with E-state index in [0.29, 0.717) is 24.4 Å². The van der Waals surface area contributed by atoms with Crippen molar-refractivity contribution in [2.24, 2.45) is 0 Å². The number of hydrogen-bond donors (Lipinski definition) is 1. The summed E-state index contributed by atoms with van der Waals surface area (Å²) in [6.07, 6.45) is 5.80. The summed E-state index contributed by atoms with van der Waals surface area (Å²) < 4.78 is 10.9. The fourth-order valence-corrected chi connectivity index (χ4v) is 5.65. The topological polar surface area (TPSA) is 67.9 Å². The molecular formula is C26H30N2O4. The second kappa shape index (κ2) is 8.49. The van der Waals surface area contributed by atoms with Gasteiger partial charge in [0.1, 0.15) is 0 Å². The predicted octanol–water partition coefficient (Wildman–Crippen LogP) is 4.38. The molecule has 2 amide bonds. The van der Waals surface area contributed by atoms with Gasteiger partial charge < -0.3 is 19.7 Å². The van der Waals surface area contributed by atoms with Gasteiger partial charge in [-0.3, -0.25) is 9.59 Å². The maximum atomic E-state index is 13.8. The first-order valence-electron chi connectivity index (χ1n) is 11.7. The molecule has 1 atom stereocenters. The number of benzene rings is 2. The van der Waals surface area contributed by atoms with Crippen molar-refractivity contribution >= 4 is 11.8 Å². The number of unbranched alkanes of at least 4 members (excludes halogenated alkanes) is 1. The first-order chi connectivity index (χ1) is 15.6. The SMILES string of the molecule is CCCCN1C(=O)c2ccccc2[C@H](C(=O)NCc2ccc3c(c2)OCO3)C12CCCC2. The molecule has 0 bridgehead atoms. The Morgan fingerprint density at radius 2 is 1.91 bits per heavy atom. The van der Waals surface area contributed by atoms with Crippen LogP contribution < -0.4 is 14.8 Å². The number of amides is 2. The molecule has 1 fully saturated rings. The van der Waals surface area contributed by atoms with Crippen LogP contribution in [0.1, 0.15) is 72.9 Å². The highest BCUT2D eigenvalue weighted by Gasteiger charge is 2.55. The Bertz CT molecular complexity index is 1030. The van der Waals surface area contributed by atoms with Crippen molar-refractivity contribution in [3.63, 3.8) is 0 Å². The molecule has 6 heteroatoms. The second-order valence-corrected chi connectivity index (χ2v) is 9.05. The van der Waals surface area contributed by atoms with Gasteiger partial charge in [-0.05, 0) is 48.6 Å². The lowest BCUT2D eigenvalue weighted by Crippen LogP contribution is -2.60. The number of rotatable bonds is 6. The summed E-state index contributed by atoms with van der Waals surface area (Å²) in [5.74, 6) is 1.16. The number of nitrogens with one attached hydrogen (secondary N) is 1. The maximum absolute atomic E-state index is 13.8. The minimum atomic E-state index is -0.431. The summed E-state index contributed by atoms with van der Waals surface area (Å²) in [7, 11) is 0. The Labute approximate surface area is 188 Å². The molecule has 1 saturated carbocycles. The van der Waals surface area contributed by atoms with Gasteiger partial charge >= 0.3 is 0 Å². The lowest BCUT2D eigenvalue weighted by Gasteiger charge is -2.50. The molecule has 2 aromatic rings. The number of carbonyl (C=O) groups is 2. The summed E-state index contributed by atoms with van der Waals surface area (Å²) >= 11 is 0. The highest BCUT2D eigenvalue weighted by molar-refractivity contribution is 6.02. The summed E-state index contributed by atoms with van der Waals surface area (Å²) in [4.78, 5) is 29.3. The highest BCUT2D eigenvalue weighted by atomic mass is 16.7. The second-order valence-electron chi connectivity index (χ2n) is 9.05. The lowest BCUT2D eigenvalue weighted by atomic mass is 9.71. The molecular weight excluding hydrogens is 404 g/mol. The van der Waals surface area contributed by atoms with Gasteiger partial charge in [0.25, 0.3) is 5.91 Å². The predicted molar refractivity (Wildman–Crippen MR) is 121 cm³/mol. The molecule has 2 heterocycles. The van der Waals surface area contributed by atoms with Crippen LogP contribution in [0.3, 0.4) is 0 Å². The molecule has 1 N–H and O–H groups in total. The average molecular weight is 435 g/mol. The summed E-state index contributed by atoms with van der Waals surface area (Å²) in [6.45, 7) is 3.48. The molecule has 0 aromatic heterocycles. The van der Waals surface area contributed by atoms with Crippen LogP contribution in [0.5, 0.6) is 11.5 Å². The highest BCUT2D eigenvalue weighted by Crippen LogP contribution is 2.50. The van der Waals surface area contributed by atoms with Crippen molar-refractivity contribution in [2.75, 3.05) is 13.3 Å². The molecule has 5 rings (SSSR count). The average Bonchev–Trinajstić information content (AvgIpc) is 3.48. The monoisotopic (exact) mass is 434 g/mol. The van der Waals surface area contributed by atoms with Crippen LogP contribution in [-0.2, 0) is 11.3 Å². The van der Waals surface area contributed by atoms with Gasteiger partial charge in [-0.25, -0.2) is 0 Å². The van der Waals surface area contributed by atoms with Crippen LogP contribution in [0.2, 0.25) is 0 Å². The van der Waals surface area contributed by atoms with E-state index in [1.54, 1.807) is 0 Å². The van der Waals surface area contributed by atoms with Gasteiger partial charge in [0.2, 0.25) is 12.7 Å². The lowest BCUT2D eigenvalue weighted by molar-refractivity contribution is -0.126. The van der Waals surface area contributed by atoms with Gasteiger partial charge in [0.15, 0.2) is 11.5 Å². The Morgan fingerprint density at radius 1 is 1.12 bits per heavy atom. The largest absolute Gasteiger partial charge is 0.454 e. The normalized spacial score (nSPS) is 20.5. The number of fused-ring (bicyclic) bond motifs is 2. The summed E-state index contributed by atoms with van der Waals surface area (Å²) in [5.41, 5.74) is 2.07. The molecule has 2 aliphatic heterocycles. The first-order valence-corrected chi connectivity index (χ1v) is 11.7. The van der Waals surface area contributed by atoms with E-state index >= 15 is 0 Å². The first kappa shape index (κ1) is 20.9. The fourth-order valence-electron chi connectivity index (χ4n) is 5.65. The van der Waals surface area contributed by atoms with Gasteiger partial charge in [0.05, 0.1) is 11.5 Å². The van der Waals surface area contributed by atoms with E-state index in [0.717, 1.165) is 55.4 Å². The van der Waals surface area contributed by atoms with Crippen LogP contribution in [0.25, 0.3) is 0 Å². The Balaban J connectivity index is 1.46. The molecule has 6 nitrogen and oxygen atoms in total. The van der Waals surface area contributed by atoms with Crippen LogP contribution in [0, 0.1) is 0 Å². The van der Waals surface area contributed by atoms with Crippen LogP contribution >= 0.6 is 0 Å². The zero-order valence-electron chi connectivity index (χ0n) is 18.6. The molecule has 1 spiro atoms. The van der Waals surface area contributed by atoms with Crippen molar-refractivity contribution in [2.45, 2.75) is 63.5 Å². The van der Waals surface area contributed by atoms with Gasteiger partial charge in [-0.2, -0.15) is 0 Å². The third kappa shape index (κ3) is 3.42. The minimum absolute atomic E-state index is 0.00832. The zero-order valence-corrected chi connectivity index (χ0v) is 18.6. The molecule has 0 radical (unpaired) electrons. The fraction of sp³-hybridized carbons (Fsp3) is 0.462. The van der Waals surface area contributed by atoms with Gasteiger partial charge in [-0.15, -0.1) is 0 Å². The van der Waals surface area contributed by atoms with Crippen molar-refractivity contribution in [1.29, 1.82) is 0 Å². The smallest absolute Gasteiger partial charge is 0.254 e. The van der Waals surface area contributed by atoms with Crippen LogP contribution in [-0.4, -0.2) is 35.6 Å². The van der Waals surface area contributed by atoms with E-state index in [1.807, 2.05) is 47.4 Å². The maximum Gasteiger partial charge on any atom is 0.254 e. The zero-order chi connectivity index (χ0) is 22.1. The van der Waals surface area contributed by atoms with Crippen molar-refractivity contribution < 1.29 is 19.1 Å². The number of carbonyl (C=O) groups excluding carboxylic acids is 2. The number of nitrogens with zero attached hydrogens (tertiary/aromatic N) is 1. The van der Waals surface area contributed by atoms with Crippen molar-refractivity contribution in [3.8, 4) is 11.5 Å². The van der Waals surface area contributed by atoms with E-state index in [4.69, 9.17) is 9.47 Å². The standard InChI is InChI=1S/C26H30N2O4/c1-2-3-14-28-25(30)20-9-5-4-8-19(20)23(26(28)12-6-7-13-26)24(29)27-16-18-10-11-21-22(15-18)32-17-31-21/h4-5,8-11,15,23H,2-3,6-7,12-14,16-17H2,1H3,(H,27,29)/t23-/m1/s1. The van der Waals surface area contributed by atoms with Crippen LogP contribution in [0.4, 0.5) is 0 Å². The number of ether oxygens (including phenoxy) is 2. The minimum Gasteiger partial charge on any atom is -0.454 e. The Hall–Kier alpha value is -3.02. The molecule has 0 saturated heterocycles. The van der Waals surface area contributed by atoms with E-state index in [-0.39, 0.29) is 24.5 Å². The Morgan fingerprint density at radius 3 is 2.72 bits per heavy atom. The molecule has 32 heavy (non-hydrogen) atoms. The van der Waals surface area contributed by atoms with Gasteiger partial charge in [-0.1, -0.05) is 50.5 Å². The third-order valence-electron chi connectivity index (χ3n) is 7.19. The molecule has 3 aliphatic rings. The molecule has 168 valence electrons.